The smallest absolute Gasteiger partial charge is 0.336 e. The van der Waals surface area contributed by atoms with Crippen LogP contribution in [0.2, 0.25) is 0 Å². The van der Waals surface area contributed by atoms with E-state index in [2.05, 4.69) is 43.8 Å². The first kappa shape index (κ1) is 23.8. The molecule has 0 saturated carbocycles. The van der Waals surface area contributed by atoms with E-state index >= 15 is 0 Å². The summed E-state index contributed by atoms with van der Waals surface area (Å²) in [5.74, 6) is -0.445. The molecule has 1 aliphatic carbocycles. The molecular weight excluding hydrogens is 621 g/mol. The van der Waals surface area contributed by atoms with Crippen molar-refractivity contribution in [3.63, 3.8) is 0 Å². The number of benzene rings is 3. The number of esters is 1. The van der Waals surface area contributed by atoms with Crippen LogP contribution in [0.4, 0.5) is 0 Å². The summed E-state index contributed by atoms with van der Waals surface area (Å²) in [4.78, 5) is 26.4. The third kappa shape index (κ3) is 4.31. The highest BCUT2D eigenvalue weighted by Crippen LogP contribution is 2.47. The van der Waals surface area contributed by atoms with Crippen LogP contribution in [0.25, 0.3) is 5.70 Å². The molecule has 35 heavy (non-hydrogen) atoms. The van der Waals surface area contributed by atoms with Crippen LogP contribution in [-0.4, -0.2) is 18.9 Å². The summed E-state index contributed by atoms with van der Waals surface area (Å²) < 4.78 is 13.1. The monoisotopic (exact) mass is 641 g/mol. The van der Waals surface area contributed by atoms with Crippen LogP contribution in [0.5, 0.6) is 5.75 Å². The zero-order valence-corrected chi connectivity index (χ0v) is 22.8. The van der Waals surface area contributed by atoms with Gasteiger partial charge >= 0.3 is 5.97 Å². The molecule has 176 valence electrons. The van der Waals surface area contributed by atoms with Crippen molar-refractivity contribution in [1.29, 1.82) is 0 Å². The van der Waals surface area contributed by atoms with E-state index in [1.165, 1.54) is 10.7 Å². The van der Waals surface area contributed by atoms with Crippen LogP contribution >= 0.6 is 38.5 Å². The number of Topliss-reactive ketones (excluding diaryl/α,β-unsaturated/α-hetero) is 1. The predicted octanol–water partition coefficient (Wildman–Crippen LogP) is 6.37. The normalized spacial score (nSPS) is 16.6. The number of rotatable bonds is 5. The Hall–Kier alpha value is -2.91. The number of ketones is 1. The standard InChI is InChI=1S/C28H21BrINO4/c1-15-23(28(33)34-2)24(25-26(31-15)19-5-3-4-6-20(19)27(25)32)17-9-12-22(21(29)13-17)35-14-16-7-10-18(30)11-8-16/h3-13,24,31H,14H2,1-2H3/t24-/m1/s1. The summed E-state index contributed by atoms with van der Waals surface area (Å²) in [6, 6.07) is 21.3. The first-order valence-corrected chi connectivity index (χ1v) is 12.9. The number of ether oxygens (including phenoxy) is 2. The Morgan fingerprint density at radius 2 is 1.77 bits per heavy atom. The van der Waals surface area contributed by atoms with Gasteiger partial charge in [-0.05, 0) is 80.8 Å². The topological polar surface area (TPSA) is 64.6 Å². The first-order chi connectivity index (χ1) is 16.9. The number of allylic oxidation sites excluding steroid dienone is 2. The number of dihydropyridines is 1. The lowest BCUT2D eigenvalue weighted by atomic mass is 9.80. The average Bonchev–Trinajstić information content (AvgIpc) is 3.14. The van der Waals surface area contributed by atoms with Gasteiger partial charge < -0.3 is 14.8 Å². The van der Waals surface area contributed by atoms with E-state index < -0.39 is 11.9 Å². The molecule has 0 aromatic heterocycles. The number of nitrogens with one attached hydrogen (secondary N) is 1. The summed E-state index contributed by atoms with van der Waals surface area (Å²) in [5.41, 5.74) is 5.73. The van der Waals surface area contributed by atoms with Gasteiger partial charge in [0.25, 0.3) is 0 Å². The van der Waals surface area contributed by atoms with Gasteiger partial charge in [0, 0.05) is 31.9 Å². The summed E-state index contributed by atoms with van der Waals surface area (Å²) in [7, 11) is 1.35. The second-order valence-electron chi connectivity index (χ2n) is 8.36. The van der Waals surface area contributed by atoms with E-state index in [1.54, 1.807) is 0 Å². The third-order valence-electron chi connectivity index (χ3n) is 6.25. The van der Waals surface area contributed by atoms with Crippen molar-refractivity contribution >= 4 is 56.0 Å². The highest BCUT2D eigenvalue weighted by atomic mass is 127. The Bertz CT molecular complexity index is 1430. The summed E-state index contributed by atoms with van der Waals surface area (Å²) in [6.45, 7) is 2.26. The van der Waals surface area contributed by atoms with Gasteiger partial charge in [-0.15, -0.1) is 0 Å². The molecule has 1 N–H and O–H groups in total. The molecule has 1 heterocycles. The molecular formula is C28H21BrINO4. The summed E-state index contributed by atoms with van der Waals surface area (Å²) >= 11 is 5.90. The highest BCUT2D eigenvalue weighted by molar-refractivity contribution is 14.1. The number of carbonyl (C=O) groups is 2. The van der Waals surface area contributed by atoms with Gasteiger partial charge in [0.05, 0.1) is 22.9 Å². The first-order valence-electron chi connectivity index (χ1n) is 11.0. The highest BCUT2D eigenvalue weighted by Gasteiger charge is 2.42. The van der Waals surface area contributed by atoms with Crippen LogP contribution in [0.3, 0.4) is 0 Å². The zero-order valence-electron chi connectivity index (χ0n) is 19.0. The van der Waals surface area contributed by atoms with Gasteiger partial charge in [0.2, 0.25) is 0 Å². The number of carbonyl (C=O) groups excluding carboxylic acids is 2. The SMILES string of the molecule is COC(=O)C1=C(C)NC2=C(C(=O)c3ccccc32)[C@@H]1c1ccc(OCc2ccc(I)cc2)c(Br)c1. The van der Waals surface area contributed by atoms with E-state index in [-0.39, 0.29) is 5.78 Å². The van der Waals surface area contributed by atoms with Crippen LogP contribution < -0.4 is 10.1 Å². The Kier molecular flexibility index (Phi) is 6.55. The molecule has 0 saturated heterocycles. The fourth-order valence-corrected chi connectivity index (χ4v) is 5.47. The summed E-state index contributed by atoms with van der Waals surface area (Å²) in [6.07, 6.45) is 0. The third-order valence-corrected chi connectivity index (χ3v) is 7.59. The Labute approximate surface area is 225 Å². The second-order valence-corrected chi connectivity index (χ2v) is 10.5. The van der Waals surface area contributed by atoms with Gasteiger partial charge in [-0.2, -0.15) is 0 Å². The van der Waals surface area contributed by atoms with Gasteiger partial charge in [-0.1, -0.05) is 42.5 Å². The van der Waals surface area contributed by atoms with E-state index in [0.717, 1.165) is 26.9 Å². The molecule has 0 amide bonds. The van der Waals surface area contributed by atoms with E-state index in [4.69, 9.17) is 9.47 Å². The molecule has 0 fully saturated rings. The van der Waals surface area contributed by atoms with Gasteiger partial charge in [-0.3, -0.25) is 4.79 Å². The predicted molar refractivity (Wildman–Crippen MR) is 146 cm³/mol. The molecule has 2 aliphatic rings. The molecule has 0 unspecified atom stereocenters. The van der Waals surface area contributed by atoms with Crippen LogP contribution in [0.1, 0.15) is 39.9 Å². The van der Waals surface area contributed by atoms with Crippen LogP contribution in [0.15, 0.2) is 88.0 Å². The van der Waals surface area contributed by atoms with Gasteiger partial charge in [0.1, 0.15) is 12.4 Å². The molecule has 3 aromatic rings. The van der Waals surface area contributed by atoms with Crippen molar-refractivity contribution in [3.05, 3.63) is 114 Å². The fraction of sp³-hybridized carbons (Fsp3) is 0.143. The number of fused-ring (bicyclic) bond motifs is 2. The van der Waals surface area contributed by atoms with E-state index in [0.29, 0.717) is 34.8 Å². The minimum Gasteiger partial charge on any atom is -0.488 e. The molecule has 1 aliphatic heterocycles. The number of hydrogen-bond acceptors (Lipinski definition) is 5. The average molecular weight is 642 g/mol. The van der Waals surface area contributed by atoms with Gasteiger partial charge in [-0.25, -0.2) is 4.79 Å². The maximum atomic E-state index is 13.5. The quantitative estimate of drug-likeness (QED) is 0.259. The van der Waals surface area contributed by atoms with Crippen molar-refractivity contribution in [3.8, 4) is 5.75 Å². The molecule has 0 radical (unpaired) electrons. The maximum absolute atomic E-state index is 13.5. The minimum absolute atomic E-state index is 0.0860. The lowest BCUT2D eigenvalue weighted by Gasteiger charge is -2.29. The molecule has 0 spiro atoms. The molecule has 5 nitrogen and oxygen atoms in total. The van der Waals surface area contributed by atoms with Crippen LogP contribution in [0, 0.1) is 3.57 Å². The minimum atomic E-state index is -0.569. The lowest BCUT2D eigenvalue weighted by Crippen LogP contribution is -2.29. The second kappa shape index (κ2) is 9.62. The summed E-state index contributed by atoms with van der Waals surface area (Å²) in [5, 5.41) is 3.30. The molecule has 5 rings (SSSR count). The Morgan fingerprint density at radius 1 is 1.06 bits per heavy atom. The maximum Gasteiger partial charge on any atom is 0.336 e. The van der Waals surface area contributed by atoms with Crippen LogP contribution in [-0.2, 0) is 16.1 Å². The molecule has 7 heteroatoms. The largest absolute Gasteiger partial charge is 0.488 e. The fourth-order valence-electron chi connectivity index (χ4n) is 4.60. The Morgan fingerprint density at radius 3 is 2.46 bits per heavy atom. The molecule has 3 aromatic carbocycles. The van der Waals surface area contributed by atoms with E-state index in [9.17, 15) is 9.59 Å². The molecule has 0 bridgehead atoms. The van der Waals surface area contributed by atoms with Crippen molar-refractivity contribution in [2.24, 2.45) is 0 Å². The van der Waals surface area contributed by atoms with Crippen molar-refractivity contribution in [2.45, 2.75) is 19.4 Å². The zero-order chi connectivity index (χ0) is 24.7. The number of methoxy groups -OCH3 is 1. The van der Waals surface area contributed by atoms with Crippen molar-refractivity contribution in [2.75, 3.05) is 7.11 Å². The van der Waals surface area contributed by atoms with Gasteiger partial charge in [0.15, 0.2) is 5.78 Å². The van der Waals surface area contributed by atoms with Crippen molar-refractivity contribution < 1.29 is 19.1 Å². The molecule has 1 atom stereocenters. The van der Waals surface area contributed by atoms with Crippen molar-refractivity contribution in [1.82, 2.24) is 5.32 Å². The number of hydrogen-bond donors (Lipinski definition) is 1. The lowest BCUT2D eigenvalue weighted by molar-refractivity contribution is -0.136. The van der Waals surface area contributed by atoms with E-state index in [1.807, 2.05) is 73.7 Å². The Balaban J connectivity index is 1.53. The number of halogens is 2.